The van der Waals surface area contributed by atoms with Gasteiger partial charge < -0.3 is 15.3 Å². The molecule has 0 bridgehead atoms. The highest BCUT2D eigenvalue weighted by molar-refractivity contribution is 5.92. The van der Waals surface area contributed by atoms with Gasteiger partial charge in [-0.2, -0.15) is 0 Å². The summed E-state index contributed by atoms with van der Waals surface area (Å²) in [5.41, 5.74) is 1.18. The highest BCUT2D eigenvalue weighted by atomic mass is 16.3. The zero-order valence-electron chi connectivity index (χ0n) is 13.1. The number of hydrogen-bond donors (Lipinski definition) is 2. The van der Waals surface area contributed by atoms with Crippen molar-refractivity contribution < 1.29 is 9.90 Å². The van der Waals surface area contributed by atoms with Crippen molar-refractivity contribution in [3.05, 3.63) is 30.9 Å². The number of nitrogens with zero attached hydrogens (tertiary/aromatic N) is 4. The summed E-state index contributed by atoms with van der Waals surface area (Å²) in [7, 11) is 2.10. The Balaban J connectivity index is 1.62. The smallest absolute Gasteiger partial charge is 0.224 e. The lowest BCUT2D eigenvalue weighted by atomic mass is 10.1. The largest absolute Gasteiger partial charge is 0.506 e. The van der Waals surface area contributed by atoms with Gasteiger partial charge in [-0.05, 0) is 51.1 Å². The van der Waals surface area contributed by atoms with Crippen molar-refractivity contribution in [2.45, 2.75) is 31.7 Å². The molecule has 1 fully saturated rings. The maximum atomic E-state index is 12.2. The van der Waals surface area contributed by atoms with Crippen molar-refractivity contribution in [2.75, 3.05) is 18.9 Å². The van der Waals surface area contributed by atoms with E-state index in [-0.39, 0.29) is 11.7 Å². The molecule has 1 aromatic heterocycles. The summed E-state index contributed by atoms with van der Waals surface area (Å²) in [6.45, 7) is 1.11. The molecular weight excluding hydrogens is 294 g/mol. The fraction of sp³-hybridized carbons (Fsp3) is 0.438. The van der Waals surface area contributed by atoms with Crippen LogP contribution in [0.4, 0.5) is 5.69 Å². The van der Waals surface area contributed by atoms with E-state index in [9.17, 15) is 9.90 Å². The molecule has 1 aliphatic rings. The van der Waals surface area contributed by atoms with Crippen LogP contribution in [0.15, 0.2) is 30.9 Å². The monoisotopic (exact) mass is 315 g/mol. The van der Waals surface area contributed by atoms with Crippen molar-refractivity contribution in [1.82, 2.24) is 19.7 Å². The van der Waals surface area contributed by atoms with Gasteiger partial charge in [0.25, 0.3) is 0 Å². The second-order valence-corrected chi connectivity index (χ2v) is 5.93. The molecule has 1 amide bonds. The molecule has 7 nitrogen and oxygen atoms in total. The maximum Gasteiger partial charge on any atom is 0.224 e. The minimum Gasteiger partial charge on any atom is -0.506 e. The Morgan fingerprint density at radius 2 is 2.17 bits per heavy atom. The van der Waals surface area contributed by atoms with Gasteiger partial charge in [0.15, 0.2) is 0 Å². The lowest BCUT2D eigenvalue weighted by molar-refractivity contribution is -0.116. The number of rotatable bonds is 5. The van der Waals surface area contributed by atoms with Crippen LogP contribution >= 0.6 is 0 Å². The third-order valence-corrected chi connectivity index (χ3v) is 4.35. The van der Waals surface area contributed by atoms with Gasteiger partial charge >= 0.3 is 0 Å². The zero-order chi connectivity index (χ0) is 16.2. The standard InChI is InChI=1S/C16H21N5O2/c1-20-8-2-3-12(20)5-7-16(23)19-14-9-13(4-6-15(14)22)21-10-17-18-11-21/h4,6,9-12,22H,2-3,5,7-8H2,1H3,(H,19,23). The lowest BCUT2D eigenvalue weighted by Gasteiger charge is -2.18. The molecule has 1 saturated heterocycles. The third kappa shape index (κ3) is 3.68. The van der Waals surface area contributed by atoms with Crippen LogP contribution in [0, 0.1) is 0 Å². The van der Waals surface area contributed by atoms with E-state index in [0.29, 0.717) is 18.2 Å². The van der Waals surface area contributed by atoms with Gasteiger partial charge in [-0.1, -0.05) is 0 Å². The number of nitrogens with one attached hydrogen (secondary N) is 1. The molecule has 3 rings (SSSR count). The van der Waals surface area contributed by atoms with Gasteiger partial charge in [0, 0.05) is 12.5 Å². The van der Waals surface area contributed by atoms with E-state index >= 15 is 0 Å². The number of carbonyl (C=O) groups excluding carboxylic acids is 1. The highest BCUT2D eigenvalue weighted by Crippen LogP contribution is 2.26. The number of phenols is 1. The van der Waals surface area contributed by atoms with E-state index in [0.717, 1.165) is 25.1 Å². The Labute approximate surface area is 134 Å². The zero-order valence-corrected chi connectivity index (χ0v) is 13.1. The Bertz CT molecular complexity index is 671. The number of phenolic OH excluding ortho intramolecular Hbond substituents is 1. The minimum absolute atomic E-state index is 0.0492. The molecule has 0 saturated carbocycles. The molecule has 2 aromatic rings. The summed E-state index contributed by atoms with van der Waals surface area (Å²) in [5, 5.41) is 20.2. The number of carbonyl (C=O) groups is 1. The predicted molar refractivity (Wildman–Crippen MR) is 86.5 cm³/mol. The van der Waals surface area contributed by atoms with Crippen LogP contribution in [0.2, 0.25) is 0 Å². The SMILES string of the molecule is CN1CCCC1CCC(=O)Nc1cc(-n2cnnc2)ccc1O. The van der Waals surface area contributed by atoms with E-state index in [1.165, 1.54) is 6.42 Å². The number of likely N-dealkylation sites (tertiary alicyclic amines) is 1. The van der Waals surface area contributed by atoms with Crippen molar-refractivity contribution in [2.24, 2.45) is 0 Å². The van der Waals surface area contributed by atoms with Gasteiger partial charge in [-0.15, -0.1) is 10.2 Å². The first-order chi connectivity index (χ1) is 11.1. The molecule has 1 atom stereocenters. The molecule has 0 spiro atoms. The van der Waals surface area contributed by atoms with Gasteiger partial charge in [0.05, 0.1) is 11.4 Å². The van der Waals surface area contributed by atoms with Crippen molar-refractivity contribution in [3.8, 4) is 11.4 Å². The summed E-state index contributed by atoms with van der Waals surface area (Å²) >= 11 is 0. The van der Waals surface area contributed by atoms with Crippen molar-refractivity contribution >= 4 is 11.6 Å². The molecule has 0 radical (unpaired) electrons. The number of amides is 1. The Hall–Kier alpha value is -2.41. The number of hydrogen-bond acceptors (Lipinski definition) is 5. The lowest BCUT2D eigenvalue weighted by Crippen LogP contribution is -2.26. The number of aromatic hydroxyl groups is 1. The van der Waals surface area contributed by atoms with E-state index < -0.39 is 0 Å². The number of benzene rings is 1. The topological polar surface area (TPSA) is 83.3 Å². The molecule has 2 heterocycles. The quantitative estimate of drug-likeness (QED) is 0.822. The molecule has 1 aromatic carbocycles. The van der Waals surface area contributed by atoms with Crippen LogP contribution in [-0.2, 0) is 4.79 Å². The summed E-state index contributed by atoms with van der Waals surface area (Å²) in [4.78, 5) is 14.5. The van der Waals surface area contributed by atoms with Crippen molar-refractivity contribution in [1.29, 1.82) is 0 Å². The first-order valence-electron chi connectivity index (χ1n) is 7.81. The molecule has 122 valence electrons. The molecule has 7 heteroatoms. The molecule has 1 unspecified atom stereocenters. The molecule has 0 aliphatic carbocycles. The normalized spacial score (nSPS) is 18.2. The second kappa shape index (κ2) is 6.78. The fourth-order valence-electron chi connectivity index (χ4n) is 2.97. The summed E-state index contributed by atoms with van der Waals surface area (Å²) in [5.74, 6) is -0.0327. The highest BCUT2D eigenvalue weighted by Gasteiger charge is 2.21. The number of anilines is 1. The van der Waals surface area contributed by atoms with E-state index in [1.54, 1.807) is 35.4 Å². The first-order valence-corrected chi connectivity index (χ1v) is 7.81. The van der Waals surface area contributed by atoms with Crippen LogP contribution < -0.4 is 5.32 Å². The molecule has 23 heavy (non-hydrogen) atoms. The Morgan fingerprint density at radius 3 is 2.87 bits per heavy atom. The van der Waals surface area contributed by atoms with E-state index in [1.807, 2.05) is 0 Å². The van der Waals surface area contributed by atoms with Crippen LogP contribution in [0.25, 0.3) is 5.69 Å². The second-order valence-electron chi connectivity index (χ2n) is 5.93. The van der Waals surface area contributed by atoms with Crippen LogP contribution in [0.3, 0.4) is 0 Å². The minimum atomic E-state index is -0.0819. The average Bonchev–Trinajstić information content (AvgIpc) is 3.19. The van der Waals surface area contributed by atoms with E-state index in [2.05, 4.69) is 27.5 Å². The average molecular weight is 315 g/mol. The van der Waals surface area contributed by atoms with Crippen LogP contribution in [0.5, 0.6) is 5.75 Å². The number of aromatic nitrogens is 3. The first kappa shape index (κ1) is 15.5. The van der Waals surface area contributed by atoms with E-state index in [4.69, 9.17) is 0 Å². The van der Waals surface area contributed by atoms with Crippen molar-refractivity contribution in [3.63, 3.8) is 0 Å². The Kier molecular flexibility index (Phi) is 4.57. The fourth-order valence-corrected chi connectivity index (χ4v) is 2.97. The van der Waals surface area contributed by atoms with Crippen LogP contribution in [-0.4, -0.2) is 50.3 Å². The summed E-state index contributed by atoms with van der Waals surface area (Å²) in [6.07, 6.45) is 6.77. The van der Waals surface area contributed by atoms with Gasteiger partial charge in [0.1, 0.15) is 18.4 Å². The van der Waals surface area contributed by atoms with Gasteiger partial charge in [0.2, 0.25) is 5.91 Å². The third-order valence-electron chi connectivity index (χ3n) is 4.35. The summed E-state index contributed by atoms with van der Waals surface area (Å²) in [6, 6.07) is 5.48. The van der Waals surface area contributed by atoms with Gasteiger partial charge in [-0.25, -0.2) is 0 Å². The van der Waals surface area contributed by atoms with Crippen LogP contribution in [0.1, 0.15) is 25.7 Å². The maximum absolute atomic E-state index is 12.2. The molecule has 1 aliphatic heterocycles. The Morgan fingerprint density at radius 1 is 1.39 bits per heavy atom. The molecular formula is C16H21N5O2. The molecule has 2 N–H and O–H groups in total. The predicted octanol–water partition coefficient (Wildman–Crippen LogP) is 1.79. The van der Waals surface area contributed by atoms with Gasteiger partial charge in [-0.3, -0.25) is 9.36 Å². The summed E-state index contributed by atoms with van der Waals surface area (Å²) < 4.78 is 1.71.